The Balaban J connectivity index is 1.10. The SMILES string of the molecule is N[C@@H]1CN(c2ccncc2CC(=O)c2ccc3ncc(-c4ccc(N5CCOCC5)nc4)cc3n2)C[C@H](C2CC2)[C@H]1O. The number of anilines is 2. The lowest BCUT2D eigenvalue weighted by molar-refractivity contribution is 0.0593. The highest BCUT2D eigenvalue weighted by Gasteiger charge is 2.43. The molecule has 4 aromatic rings. The number of hydrogen-bond donors (Lipinski definition) is 2. The zero-order chi connectivity index (χ0) is 28.6. The van der Waals surface area contributed by atoms with Crippen LogP contribution in [0.2, 0.25) is 0 Å². The number of Topliss-reactive ketones (excluding diaryl/α,β-unsaturated/α-hetero) is 1. The minimum atomic E-state index is -0.487. The zero-order valence-electron chi connectivity index (χ0n) is 23.5. The fraction of sp³-hybridized carbons (Fsp3) is 0.406. The number of carbonyl (C=O) groups excluding carboxylic acids is 1. The topological polar surface area (TPSA) is 131 Å². The van der Waals surface area contributed by atoms with Crippen LogP contribution in [0.15, 0.2) is 61.2 Å². The molecular formula is C32H35N7O3. The normalized spacial score (nSPS) is 22.9. The van der Waals surface area contributed by atoms with Crippen LogP contribution in [-0.4, -0.2) is 82.4 Å². The van der Waals surface area contributed by atoms with Gasteiger partial charge in [0.05, 0.1) is 30.4 Å². The Kier molecular flexibility index (Phi) is 7.27. The number of rotatable bonds is 7. The van der Waals surface area contributed by atoms with Crippen LogP contribution in [0.4, 0.5) is 11.5 Å². The number of ketones is 1. The molecule has 0 radical (unpaired) electrons. The number of nitrogens with two attached hydrogens (primary N) is 1. The zero-order valence-corrected chi connectivity index (χ0v) is 23.5. The predicted octanol–water partition coefficient (Wildman–Crippen LogP) is 2.88. The van der Waals surface area contributed by atoms with Crippen molar-refractivity contribution in [3.8, 4) is 11.1 Å². The maximum Gasteiger partial charge on any atom is 0.185 e. The summed E-state index contributed by atoms with van der Waals surface area (Å²) in [5.74, 6) is 1.52. The van der Waals surface area contributed by atoms with Gasteiger partial charge in [-0.25, -0.2) is 9.97 Å². The van der Waals surface area contributed by atoms with Crippen molar-refractivity contribution >= 4 is 28.3 Å². The number of aliphatic hydroxyl groups is 1. The standard InChI is InChI=1S/C32H35N7O3/c33-25-19-39(18-24(32(25)41)20-1-2-20)29-7-8-34-15-23(29)14-30(40)27-5-4-26-28(37-27)13-22(17-35-26)21-3-6-31(36-16-21)38-9-11-42-12-10-38/h3-8,13,15-17,20,24-25,32,41H,1-2,9-12,14,18-19,33H2/t24-,25-,32-/m1/s1. The van der Waals surface area contributed by atoms with Crippen molar-refractivity contribution < 1.29 is 14.6 Å². The highest BCUT2D eigenvalue weighted by Crippen LogP contribution is 2.42. The average Bonchev–Trinajstić information content (AvgIpc) is 3.88. The van der Waals surface area contributed by atoms with Gasteiger partial charge in [-0.1, -0.05) is 0 Å². The smallest absolute Gasteiger partial charge is 0.185 e. The molecule has 1 saturated carbocycles. The van der Waals surface area contributed by atoms with E-state index in [1.165, 1.54) is 0 Å². The third kappa shape index (κ3) is 5.45. The van der Waals surface area contributed by atoms with Crippen molar-refractivity contribution in [1.29, 1.82) is 0 Å². The number of carbonyl (C=O) groups is 1. The van der Waals surface area contributed by atoms with Crippen molar-refractivity contribution in [2.45, 2.75) is 31.4 Å². The van der Waals surface area contributed by atoms with E-state index in [2.05, 4.69) is 24.8 Å². The van der Waals surface area contributed by atoms with Crippen LogP contribution in [0.25, 0.3) is 22.2 Å². The van der Waals surface area contributed by atoms with Crippen molar-refractivity contribution in [2.75, 3.05) is 49.2 Å². The summed E-state index contributed by atoms with van der Waals surface area (Å²) in [4.78, 5) is 36.2. The maximum atomic E-state index is 13.5. The van der Waals surface area contributed by atoms with E-state index in [0.717, 1.165) is 66.2 Å². The largest absolute Gasteiger partial charge is 0.391 e. The molecule has 10 heteroatoms. The lowest BCUT2D eigenvalue weighted by Crippen LogP contribution is -2.57. The number of morpholine rings is 1. The molecule has 4 aromatic heterocycles. The van der Waals surface area contributed by atoms with Crippen LogP contribution in [0.3, 0.4) is 0 Å². The summed E-state index contributed by atoms with van der Waals surface area (Å²) in [6.07, 6.45) is 9.14. The van der Waals surface area contributed by atoms with E-state index in [-0.39, 0.29) is 24.2 Å². The predicted molar refractivity (Wildman–Crippen MR) is 160 cm³/mol. The van der Waals surface area contributed by atoms with Crippen molar-refractivity contribution in [1.82, 2.24) is 19.9 Å². The molecule has 2 aliphatic heterocycles. The highest BCUT2D eigenvalue weighted by atomic mass is 16.5. The molecule has 2 saturated heterocycles. The fourth-order valence-electron chi connectivity index (χ4n) is 6.25. The Morgan fingerprint density at radius 2 is 1.79 bits per heavy atom. The van der Waals surface area contributed by atoms with E-state index in [9.17, 15) is 9.90 Å². The summed E-state index contributed by atoms with van der Waals surface area (Å²) >= 11 is 0. The Morgan fingerprint density at radius 3 is 2.57 bits per heavy atom. The average molecular weight is 566 g/mol. The summed E-state index contributed by atoms with van der Waals surface area (Å²) in [6, 6.07) is 11.2. The number of fused-ring (bicyclic) bond motifs is 1. The molecule has 1 aliphatic carbocycles. The molecular weight excluding hydrogens is 530 g/mol. The number of piperidine rings is 1. The Hall–Kier alpha value is -3.99. The molecule has 3 N–H and O–H groups in total. The Bertz CT molecular complexity index is 1590. The molecule has 42 heavy (non-hydrogen) atoms. The van der Waals surface area contributed by atoms with Crippen LogP contribution in [0.1, 0.15) is 28.9 Å². The Morgan fingerprint density at radius 1 is 0.952 bits per heavy atom. The molecule has 7 rings (SSSR count). The summed E-state index contributed by atoms with van der Waals surface area (Å²) in [5, 5.41) is 10.7. The summed E-state index contributed by atoms with van der Waals surface area (Å²) in [7, 11) is 0. The van der Waals surface area contributed by atoms with Crippen molar-refractivity contribution in [2.24, 2.45) is 17.6 Å². The molecule has 0 unspecified atom stereocenters. The first kappa shape index (κ1) is 26.9. The number of pyridine rings is 4. The number of aliphatic hydroxyl groups excluding tert-OH is 1. The molecule has 3 fully saturated rings. The second-order valence-electron chi connectivity index (χ2n) is 11.6. The summed E-state index contributed by atoms with van der Waals surface area (Å²) in [6.45, 7) is 4.37. The number of ether oxygens (including phenoxy) is 1. The summed E-state index contributed by atoms with van der Waals surface area (Å²) in [5.41, 5.74) is 11.7. The molecule has 3 atom stereocenters. The van der Waals surface area contributed by atoms with Gasteiger partial charge >= 0.3 is 0 Å². The van der Waals surface area contributed by atoms with E-state index >= 15 is 0 Å². The van der Waals surface area contributed by atoms with Gasteiger partial charge in [-0.05, 0) is 55.2 Å². The van der Waals surface area contributed by atoms with Crippen molar-refractivity contribution in [3.63, 3.8) is 0 Å². The first-order valence-corrected chi connectivity index (χ1v) is 14.7. The molecule has 3 aliphatic rings. The van der Waals surface area contributed by atoms with Gasteiger partial charge in [-0.2, -0.15) is 0 Å². The quantitative estimate of drug-likeness (QED) is 0.323. The van der Waals surface area contributed by atoms with Gasteiger partial charge in [0.25, 0.3) is 0 Å². The van der Waals surface area contributed by atoms with Crippen LogP contribution in [0, 0.1) is 11.8 Å². The van der Waals surface area contributed by atoms with Crippen LogP contribution in [0.5, 0.6) is 0 Å². The van der Waals surface area contributed by atoms with Crippen LogP contribution >= 0.6 is 0 Å². The molecule has 10 nitrogen and oxygen atoms in total. The molecule has 0 aromatic carbocycles. The number of hydrogen-bond acceptors (Lipinski definition) is 10. The highest BCUT2D eigenvalue weighted by molar-refractivity contribution is 5.98. The van der Waals surface area contributed by atoms with Crippen LogP contribution < -0.4 is 15.5 Å². The molecule has 0 bridgehead atoms. The molecule has 0 spiro atoms. The molecule has 0 amide bonds. The third-order valence-electron chi connectivity index (χ3n) is 8.78. The van der Waals surface area contributed by atoms with E-state index in [1.807, 2.05) is 42.7 Å². The maximum absolute atomic E-state index is 13.5. The van der Waals surface area contributed by atoms with Gasteiger partial charge in [0.2, 0.25) is 0 Å². The molecule has 6 heterocycles. The Labute approximate surface area is 244 Å². The first-order chi connectivity index (χ1) is 20.5. The van der Waals surface area contributed by atoms with E-state index in [1.54, 1.807) is 18.5 Å². The van der Waals surface area contributed by atoms with Gasteiger partial charge in [-0.15, -0.1) is 0 Å². The lowest BCUT2D eigenvalue weighted by atomic mass is 9.87. The van der Waals surface area contributed by atoms with E-state index < -0.39 is 6.10 Å². The monoisotopic (exact) mass is 565 g/mol. The minimum Gasteiger partial charge on any atom is -0.391 e. The number of aromatic nitrogens is 4. The van der Waals surface area contributed by atoms with Crippen molar-refractivity contribution in [3.05, 3.63) is 72.4 Å². The van der Waals surface area contributed by atoms with E-state index in [4.69, 9.17) is 15.5 Å². The molecule has 216 valence electrons. The second kappa shape index (κ2) is 11.4. The van der Waals surface area contributed by atoms with Gasteiger partial charge in [-0.3, -0.25) is 14.8 Å². The fourth-order valence-corrected chi connectivity index (χ4v) is 6.25. The van der Waals surface area contributed by atoms with Gasteiger partial charge in [0.1, 0.15) is 11.5 Å². The summed E-state index contributed by atoms with van der Waals surface area (Å²) < 4.78 is 5.44. The third-order valence-corrected chi connectivity index (χ3v) is 8.78. The van der Waals surface area contributed by atoms with Gasteiger partial charge in [0.15, 0.2) is 5.78 Å². The van der Waals surface area contributed by atoms with Crippen LogP contribution in [-0.2, 0) is 11.2 Å². The number of nitrogens with zero attached hydrogens (tertiary/aromatic N) is 6. The minimum absolute atomic E-state index is 0.0897. The van der Waals surface area contributed by atoms with Gasteiger partial charge in [0, 0.05) is 91.7 Å². The second-order valence-corrected chi connectivity index (χ2v) is 11.6. The van der Waals surface area contributed by atoms with Gasteiger partial charge < -0.3 is 25.4 Å². The first-order valence-electron chi connectivity index (χ1n) is 14.7. The van der Waals surface area contributed by atoms with E-state index in [0.29, 0.717) is 36.9 Å². The lowest BCUT2D eigenvalue weighted by Gasteiger charge is -2.42.